The number of halogens is 3. The van der Waals surface area contributed by atoms with E-state index >= 15 is 0 Å². The predicted molar refractivity (Wildman–Crippen MR) is 117 cm³/mol. The van der Waals surface area contributed by atoms with Gasteiger partial charge in [-0.1, -0.05) is 19.1 Å². The monoisotopic (exact) mass is 463 g/mol. The largest absolute Gasteiger partial charge is 0.489 e. The molecule has 33 heavy (non-hydrogen) atoms. The number of carbonyl (C=O) groups excluding carboxylic acids is 1. The Kier molecular flexibility index (Phi) is 6.76. The SMILES string of the molecule is CC(C(=O)CC1CC1)c1ccc(O[C@@H]2CCN(c3ncnc(OCC(C)(F)F)c3F)C2)cc1. The minimum atomic E-state index is -3.10. The molecule has 0 amide bonds. The molecule has 0 radical (unpaired) electrons. The van der Waals surface area contributed by atoms with Gasteiger partial charge in [0.1, 0.15) is 24.0 Å². The second kappa shape index (κ2) is 9.57. The lowest BCUT2D eigenvalue weighted by Gasteiger charge is -2.20. The number of aromatic nitrogens is 2. The number of rotatable bonds is 10. The Morgan fingerprint density at radius 3 is 2.61 bits per heavy atom. The number of hydrogen-bond acceptors (Lipinski definition) is 6. The van der Waals surface area contributed by atoms with Gasteiger partial charge in [-0.25, -0.2) is 13.8 Å². The van der Waals surface area contributed by atoms with Crippen molar-refractivity contribution in [3.63, 3.8) is 0 Å². The molecule has 1 saturated heterocycles. The third-order valence-corrected chi connectivity index (χ3v) is 6.00. The molecule has 1 aromatic carbocycles. The van der Waals surface area contributed by atoms with Gasteiger partial charge in [-0.2, -0.15) is 9.37 Å². The van der Waals surface area contributed by atoms with Crippen LogP contribution in [0.2, 0.25) is 0 Å². The molecule has 9 heteroatoms. The lowest BCUT2D eigenvalue weighted by Crippen LogP contribution is -2.27. The van der Waals surface area contributed by atoms with Gasteiger partial charge in [0.05, 0.1) is 6.54 Å². The van der Waals surface area contributed by atoms with Crippen LogP contribution in [0.15, 0.2) is 30.6 Å². The van der Waals surface area contributed by atoms with E-state index in [2.05, 4.69) is 9.97 Å². The zero-order valence-electron chi connectivity index (χ0n) is 18.8. The summed E-state index contributed by atoms with van der Waals surface area (Å²) in [6.07, 6.45) is 4.52. The van der Waals surface area contributed by atoms with Crippen molar-refractivity contribution < 1.29 is 27.4 Å². The second-order valence-electron chi connectivity index (χ2n) is 9.05. The van der Waals surface area contributed by atoms with E-state index in [1.54, 1.807) is 4.90 Å². The first-order chi connectivity index (χ1) is 15.7. The predicted octanol–water partition coefficient (Wildman–Crippen LogP) is 4.78. The van der Waals surface area contributed by atoms with Gasteiger partial charge in [0.2, 0.25) is 5.82 Å². The molecule has 1 aliphatic carbocycles. The summed E-state index contributed by atoms with van der Waals surface area (Å²) in [7, 11) is 0. The van der Waals surface area contributed by atoms with Crippen LogP contribution in [0.3, 0.4) is 0 Å². The molecule has 0 bridgehead atoms. The number of Topliss-reactive ketones (excluding diaryl/α,β-unsaturated/α-hetero) is 1. The minimum Gasteiger partial charge on any atom is -0.489 e. The Hall–Kier alpha value is -2.84. The zero-order valence-corrected chi connectivity index (χ0v) is 18.8. The summed E-state index contributed by atoms with van der Waals surface area (Å²) in [5.41, 5.74) is 0.967. The van der Waals surface area contributed by atoms with Gasteiger partial charge in [-0.3, -0.25) is 4.79 Å². The van der Waals surface area contributed by atoms with Crippen LogP contribution in [-0.4, -0.2) is 47.5 Å². The van der Waals surface area contributed by atoms with Crippen LogP contribution < -0.4 is 14.4 Å². The van der Waals surface area contributed by atoms with Crippen LogP contribution in [0.4, 0.5) is 19.0 Å². The van der Waals surface area contributed by atoms with Gasteiger partial charge in [0.15, 0.2) is 12.4 Å². The number of anilines is 1. The quantitative estimate of drug-likeness (QED) is 0.505. The van der Waals surface area contributed by atoms with E-state index in [0.717, 1.165) is 24.7 Å². The Morgan fingerprint density at radius 2 is 1.94 bits per heavy atom. The number of ketones is 1. The topological polar surface area (TPSA) is 64.5 Å². The molecule has 0 N–H and O–H groups in total. The molecule has 1 unspecified atom stereocenters. The number of nitrogens with zero attached hydrogens (tertiary/aromatic N) is 3. The van der Waals surface area contributed by atoms with Gasteiger partial charge in [-0.05, 0) is 36.5 Å². The smallest absolute Gasteiger partial charge is 0.278 e. The summed E-state index contributed by atoms with van der Waals surface area (Å²) >= 11 is 0. The summed E-state index contributed by atoms with van der Waals surface area (Å²) in [4.78, 5) is 21.6. The number of hydrogen-bond donors (Lipinski definition) is 0. The third-order valence-electron chi connectivity index (χ3n) is 6.00. The van der Waals surface area contributed by atoms with Gasteiger partial charge in [-0.15, -0.1) is 0 Å². The van der Waals surface area contributed by atoms with E-state index in [-0.39, 0.29) is 23.6 Å². The second-order valence-corrected chi connectivity index (χ2v) is 9.05. The Labute approximate surface area is 191 Å². The molecule has 1 aromatic heterocycles. The fraction of sp³-hybridized carbons (Fsp3) is 0.542. The van der Waals surface area contributed by atoms with Crippen molar-refractivity contribution in [2.24, 2.45) is 5.92 Å². The highest BCUT2D eigenvalue weighted by Crippen LogP contribution is 2.35. The Morgan fingerprint density at radius 1 is 1.21 bits per heavy atom. The van der Waals surface area contributed by atoms with E-state index in [4.69, 9.17) is 9.47 Å². The van der Waals surface area contributed by atoms with Gasteiger partial charge in [0.25, 0.3) is 11.8 Å². The van der Waals surface area contributed by atoms with Crippen molar-refractivity contribution in [1.82, 2.24) is 9.97 Å². The molecule has 1 saturated carbocycles. The normalized spacial score (nSPS) is 19.4. The molecule has 0 spiro atoms. The maximum absolute atomic E-state index is 14.7. The van der Waals surface area contributed by atoms with Crippen LogP contribution in [0.25, 0.3) is 0 Å². The molecule has 4 rings (SSSR count). The van der Waals surface area contributed by atoms with Crippen LogP contribution in [-0.2, 0) is 4.79 Å². The average molecular weight is 464 g/mol. The first-order valence-corrected chi connectivity index (χ1v) is 11.2. The minimum absolute atomic E-state index is 0.00358. The number of carbonyl (C=O) groups is 1. The maximum atomic E-state index is 14.7. The Balaban J connectivity index is 1.33. The lowest BCUT2D eigenvalue weighted by atomic mass is 9.93. The van der Waals surface area contributed by atoms with E-state index in [1.807, 2.05) is 31.2 Å². The summed E-state index contributed by atoms with van der Waals surface area (Å²) in [6.45, 7) is 2.54. The Bertz CT molecular complexity index is 977. The molecule has 1 aliphatic heterocycles. The first-order valence-electron chi connectivity index (χ1n) is 11.2. The van der Waals surface area contributed by atoms with E-state index in [1.165, 1.54) is 0 Å². The summed E-state index contributed by atoms with van der Waals surface area (Å²) in [5, 5.41) is 0. The number of alkyl halides is 2. The molecule has 178 valence electrons. The summed E-state index contributed by atoms with van der Waals surface area (Å²) in [6, 6.07) is 7.52. The standard InChI is InChI=1S/C24H28F3N3O3/c1-15(20(31)11-16-3-4-16)17-5-7-18(8-6-17)33-19-9-10-30(12-19)22-21(25)23(29-14-28-22)32-13-24(2,26)27/h5-8,14-16,19H,3-4,9-13H2,1-2H3/t15?,19-/m1/s1. The van der Waals surface area contributed by atoms with Crippen molar-refractivity contribution in [3.05, 3.63) is 42.0 Å². The molecule has 2 atom stereocenters. The molecule has 2 aromatic rings. The van der Waals surface area contributed by atoms with Gasteiger partial charge in [0, 0.05) is 32.2 Å². The lowest BCUT2D eigenvalue weighted by molar-refractivity contribution is -0.120. The van der Waals surface area contributed by atoms with Crippen molar-refractivity contribution in [1.29, 1.82) is 0 Å². The average Bonchev–Trinajstić information content (AvgIpc) is 3.47. The fourth-order valence-electron chi connectivity index (χ4n) is 3.87. The highest BCUT2D eigenvalue weighted by atomic mass is 19.3. The van der Waals surface area contributed by atoms with Crippen LogP contribution >= 0.6 is 0 Å². The molecule has 2 aliphatic rings. The van der Waals surface area contributed by atoms with Crippen molar-refractivity contribution in [3.8, 4) is 11.6 Å². The zero-order chi connectivity index (χ0) is 23.6. The molecule has 2 heterocycles. The first kappa shape index (κ1) is 23.3. The molecule has 6 nitrogen and oxygen atoms in total. The molecular weight excluding hydrogens is 435 g/mol. The summed E-state index contributed by atoms with van der Waals surface area (Å²) in [5.74, 6) is -3.07. The molecular formula is C24H28F3N3O3. The van der Waals surface area contributed by atoms with Crippen LogP contribution in [0.5, 0.6) is 11.6 Å². The van der Waals surface area contributed by atoms with Gasteiger partial charge < -0.3 is 14.4 Å². The van der Waals surface area contributed by atoms with E-state index in [9.17, 15) is 18.0 Å². The van der Waals surface area contributed by atoms with Crippen molar-refractivity contribution >= 4 is 11.6 Å². The number of benzene rings is 1. The van der Waals surface area contributed by atoms with E-state index in [0.29, 0.717) is 44.5 Å². The van der Waals surface area contributed by atoms with Crippen LogP contribution in [0, 0.1) is 11.7 Å². The van der Waals surface area contributed by atoms with E-state index < -0.39 is 24.2 Å². The van der Waals surface area contributed by atoms with Crippen LogP contribution in [0.1, 0.15) is 51.0 Å². The molecule has 2 fully saturated rings. The highest BCUT2D eigenvalue weighted by Gasteiger charge is 2.30. The number of ether oxygens (including phenoxy) is 2. The van der Waals surface area contributed by atoms with Crippen molar-refractivity contribution in [2.45, 2.75) is 57.5 Å². The maximum Gasteiger partial charge on any atom is 0.278 e. The highest BCUT2D eigenvalue weighted by molar-refractivity contribution is 5.85. The van der Waals surface area contributed by atoms with Gasteiger partial charge >= 0.3 is 0 Å². The third kappa shape index (κ3) is 6.15. The summed E-state index contributed by atoms with van der Waals surface area (Å²) < 4.78 is 51.6. The van der Waals surface area contributed by atoms with Crippen molar-refractivity contribution in [2.75, 3.05) is 24.6 Å². The fourth-order valence-corrected chi connectivity index (χ4v) is 3.87.